The van der Waals surface area contributed by atoms with Crippen LogP contribution in [0.4, 0.5) is 10.1 Å². The molecule has 1 unspecified atom stereocenters. The molecule has 1 aromatic carbocycles. The molecule has 0 aromatic heterocycles. The number of aryl methyl sites for hydroxylation is 1. The van der Waals surface area contributed by atoms with Gasteiger partial charge in [-0.05, 0) is 50.3 Å². The van der Waals surface area contributed by atoms with Gasteiger partial charge in [-0.1, -0.05) is 26.7 Å². The number of rotatable bonds is 5. The van der Waals surface area contributed by atoms with Crippen LogP contribution in [0.2, 0.25) is 0 Å². The second kappa shape index (κ2) is 6.78. The van der Waals surface area contributed by atoms with Crippen LogP contribution in [-0.2, 0) is 0 Å². The summed E-state index contributed by atoms with van der Waals surface area (Å²) < 4.78 is 13.9. The molecule has 1 aromatic rings. The number of anilines is 1. The molecule has 3 heteroatoms. The van der Waals surface area contributed by atoms with E-state index in [4.69, 9.17) is 0 Å². The highest BCUT2D eigenvalue weighted by Gasteiger charge is 2.26. The molecule has 1 atom stereocenters. The summed E-state index contributed by atoms with van der Waals surface area (Å²) in [6.45, 7) is 8.89. The summed E-state index contributed by atoms with van der Waals surface area (Å²) in [4.78, 5) is 2.41. The van der Waals surface area contributed by atoms with Gasteiger partial charge < -0.3 is 10.0 Å². The van der Waals surface area contributed by atoms with Crippen LogP contribution in [0.5, 0.6) is 0 Å². The lowest BCUT2D eigenvalue weighted by Crippen LogP contribution is -2.37. The van der Waals surface area contributed by atoms with Gasteiger partial charge in [0.2, 0.25) is 0 Å². The number of halogens is 1. The first-order chi connectivity index (χ1) is 9.90. The van der Waals surface area contributed by atoms with E-state index in [-0.39, 0.29) is 5.82 Å². The Morgan fingerprint density at radius 3 is 2.38 bits per heavy atom. The summed E-state index contributed by atoms with van der Waals surface area (Å²) in [5.41, 5.74) is 2.39. The highest BCUT2D eigenvalue weighted by atomic mass is 19.1. The molecular weight excluding hydrogens is 265 g/mol. The second-order valence-corrected chi connectivity index (χ2v) is 6.82. The van der Waals surface area contributed by atoms with E-state index in [2.05, 4.69) is 18.7 Å². The predicted molar refractivity (Wildman–Crippen MR) is 86.2 cm³/mol. The fraction of sp³-hybridized carbons (Fsp3) is 0.667. The zero-order chi connectivity index (χ0) is 15.6. The van der Waals surface area contributed by atoms with Crippen LogP contribution < -0.4 is 4.90 Å². The van der Waals surface area contributed by atoms with Crippen molar-refractivity contribution in [2.75, 3.05) is 11.4 Å². The van der Waals surface area contributed by atoms with Gasteiger partial charge in [0, 0.05) is 23.8 Å². The summed E-state index contributed by atoms with van der Waals surface area (Å²) in [5.74, 6) is 0.309. The largest absolute Gasteiger partial charge is 0.389 e. The zero-order valence-electron chi connectivity index (χ0n) is 13.7. The maximum atomic E-state index is 13.9. The van der Waals surface area contributed by atoms with E-state index in [1.807, 2.05) is 6.07 Å². The number of hydrogen-bond acceptors (Lipinski definition) is 2. The number of hydrogen-bond donors (Lipinski definition) is 1. The third-order valence-corrected chi connectivity index (χ3v) is 4.39. The Morgan fingerprint density at radius 2 is 1.86 bits per heavy atom. The van der Waals surface area contributed by atoms with Gasteiger partial charge in [0.25, 0.3) is 0 Å². The Morgan fingerprint density at radius 1 is 1.24 bits per heavy atom. The Bertz CT molecular complexity index is 478. The molecule has 1 aliphatic carbocycles. The van der Waals surface area contributed by atoms with Crippen molar-refractivity contribution in [3.8, 4) is 0 Å². The number of nitrogens with zero attached hydrogens (tertiary/aromatic N) is 1. The van der Waals surface area contributed by atoms with E-state index < -0.39 is 6.10 Å². The third-order valence-electron chi connectivity index (χ3n) is 4.39. The Kier molecular flexibility index (Phi) is 5.26. The first-order valence-corrected chi connectivity index (χ1v) is 8.15. The first kappa shape index (κ1) is 16.3. The molecule has 0 bridgehead atoms. The Labute approximate surface area is 128 Å². The van der Waals surface area contributed by atoms with Crippen molar-refractivity contribution in [1.82, 2.24) is 0 Å². The SMILES string of the molecule is Cc1cc(N(CC(C)C)C2CCCC2)c(C(C)O)cc1F. The summed E-state index contributed by atoms with van der Waals surface area (Å²) in [7, 11) is 0. The van der Waals surface area contributed by atoms with Crippen LogP contribution in [-0.4, -0.2) is 17.7 Å². The van der Waals surface area contributed by atoms with Gasteiger partial charge in [-0.15, -0.1) is 0 Å². The molecule has 1 fully saturated rings. The molecule has 118 valence electrons. The second-order valence-electron chi connectivity index (χ2n) is 6.82. The lowest BCUT2D eigenvalue weighted by atomic mass is 10.0. The van der Waals surface area contributed by atoms with Crippen LogP contribution in [0.15, 0.2) is 12.1 Å². The van der Waals surface area contributed by atoms with Crippen LogP contribution in [0.3, 0.4) is 0 Å². The van der Waals surface area contributed by atoms with Crippen molar-refractivity contribution >= 4 is 5.69 Å². The highest BCUT2D eigenvalue weighted by Crippen LogP contribution is 2.35. The quantitative estimate of drug-likeness (QED) is 0.858. The van der Waals surface area contributed by atoms with Crippen molar-refractivity contribution in [2.24, 2.45) is 5.92 Å². The van der Waals surface area contributed by atoms with Crippen LogP contribution in [0.25, 0.3) is 0 Å². The maximum Gasteiger partial charge on any atom is 0.126 e. The number of aliphatic hydroxyl groups is 1. The van der Waals surface area contributed by atoms with Gasteiger partial charge in [0.15, 0.2) is 0 Å². The molecule has 1 saturated carbocycles. The van der Waals surface area contributed by atoms with Gasteiger partial charge >= 0.3 is 0 Å². The fourth-order valence-corrected chi connectivity index (χ4v) is 3.32. The molecule has 0 saturated heterocycles. The van der Waals surface area contributed by atoms with Crippen LogP contribution in [0.1, 0.15) is 63.7 Å². The summed E-state index contributed by atoms with van der Waals surface area (Å²) in [5, 5.41) is 10.1. The minimum absolute atomic E-state index is 0.231. The Hall–Kier alpha value is -1.09. The lowest BCUT2D eigenvalue weighted by molar-refractivity contribution is 0.199. The topological polar surface area (TPSA) is 23.5 Å². The number of benzene rings is 1. The molecule has 21 heavy (non-hydrogen) atoms. The van der Waals surface area contributed by atoms with Crippen LogP contribution >= 0.6 is 0 Å². The molecule has 0 spiro atoms. The predicted octanol–water partition coefficient (Wildman–Crippen LogP) is 4.59. The highest BCUT2D eigenvalue weighted by molar-refractivity contribution is 5.57. The van der Waals surface area contributed by atoms with Gasteiger partial charge in [-0.25, -0.2) is 4.39 Å². The van der Waals surface area contributed by atoms with E-state index in [1.165, 1.54) is 31.7 Å². The maximum absolute atomic E-state index is 13.9. The van der Waals surface area contributed by atoms with Crippen molar-refractivity contribution in [3.63, 3.8) is 0 Å². The van der Waals surface area contributed by atoms with Crippen LogP contribution in [0, 0.1) is 18.7 Å². The van der Waals surface area contributed by atoms with E-state index in [0.29, 0.717) is 23.1 Å². The van der Waals surface area contributed by atoms with Gasteiger partial charge in [-0.3, -0.25) is 0 Å². The minimum Gasteiger partial charge on any atom is -0.389 e. The van der Waals surface area contributed by atoms with E-state index in [1.54, 1.807) is 13.8 Å². The average molecular weight is 293 g/mol. The van der Waals surface area contributed by atoms with Crippen molar-refractivity contribution < 1.29 is 9.50 Å². The van der Waals surface area contributed by atoms with Crippen molar-refractivity contribution in [3.05, 3.63) is 29.1 Å². The molecular formula is C18H28FNO. The van der Waals surface area contributed by atoms with Crippen molar-refractivity contribution in [1.29, 1.82) is 0 Å². The summed E-state index contributed by atoms with van der Waals surface area (Å²) in [6.07, 6.45) is 4.28. The molecule has 1 aliphatic rings. The van der Waals surface area contributed by atoms with Gasteiger partial charge in [0.1, 0.15) is 5.82 Å². The molecule has 0 amide bonds. The average Bonchev–Trinajstić information content (AvgIpc) is 2.92. The minimum atomic E-state index is -0.647. The lowest BCUT2D eigenvalue weighted by Gasteiger charge is -2.35. The summed E-state index contributed by atoms with van der Waals surface area (Å²) >= 11 is 0. The smallest absolute Gasteiger partial charge is 0.126 e. The third kappa shape index (κ3) is 3.76. The molecule has 0 heterocycles. The molecule has 0 radical (unpaired) electrons. The molecule has 2 nitrogen and oxygen atoms in total. The van der Waals surface area contributed by atoms with E-state index in [0.717, 1.165) is 12.2 Å². The molecule has 0 aliphatic heterocycles. The van der Waals surface area contributed by atoms with Gasteiger partial charge in [0.05, 0.1) is 6.10 Å². The number of aliphatic hydroxyl groups excluding tert-OH is 1. The monoisotopic (exact) mass is 293 g/mol. The van der Waals surface area contributed by atoms with E-state index in [9.17, 15) is 9.50 Å². The van der Waals surface area contributed by atoms with E-state index >= 15 is 0 Å². The molecule has 1 N–H and O–H groups in total. The normalized spacial score (nSPS) is 17.5. The van der Waals surface area contributed by atoms with Gasteiger partial charge in [-0.2, -0.15) is 0 Å². The summed E-state index contributed by atoms with van der Waals surface area (Å²) in [6, 6.07) is 3.95. The zero-order valence-corrected chi connectivity index (χ0v) is 13.7. The Balaban J connectivity index is 2.44. The standard InChI is InChI=1S/C18H28FNO/c1-12(2)11-20(15-7-5-6-8-15)18-9-13(3)17(19)10-16(18)14(4)21/h9-10,12,14-15,21H,5-8,11H2,1-4H3. The first-order valence-electron chi connectivity index (χ1n) is 8.15. The molecule has 2 rings (SSSR count). The van der Waals surface area contributed by atoms with Crippen molar-refractivity contribution in [2.45, 2.75) is 65.5 Å². The fourth-order valence-electron chi connectivity index (χ4n) is 3.32.